The molecule has 0 bridgehead atoms. The zero-order valence-corrected chi connectivity index (χ0v) is 24.3. The number of benzene rings is 2. The molecule has 3 amide bonds. The van der Waals surface area contributed by atoms with Crippen LogP contribution < -0.4 is 20.7 Å². The summed E-state index contributed by atoms with van der Waals surface area (Å²) in [6.45, 7) is 1.84. The Bertz CT molecular complexity index is 1870. The van der Waals surface area contributed by atoms with Crippen molar-refractivity contribution in [2.24, 2.45) is 0 Å². The van der Waals surface area contributed by atoms with E-state index in [1.54, 1.807) is 6.07 Å². The predicted molar refractivity (Wildman–Crippen MR) is 165 cm³/mol. The van der Waals surface area contributed by atoms with Gasteiger partial charge in [-0.1, -0.05) is 18.2 Å². The predicted octanol–water partition coefficient (Wildman–Crippen LogP) is 4.69. The van der Waals surface area contributed by atoms with Crippen molar-refractivity contribution in [1.82, 2.24) is 34.9 Å². The average Bonchev–Trinajstić information content (AvgIpc) is 3.45. The maximum Gasteiger partial charge on any atom is 0.329 e. The Morgan fingerprint density at radius 3 is 2.44 bits per heavy atom. The number of carbonyl (C=O) groups is 2. The number of amides is 3. The van der Waals surface area contributed by atoms with Gasteiger partial charge in [0.15, 0.2) is 17.3 Å². The van der Waals surface area contributed by atoms with Gasteiger partial charge in [0.05, 0.1) is 11.4 Å². The summed E-state index contributed by atoms with van der Waals surface area (Å²) in [5.41, 5.74) is 9.03. The second-order valence-corrected chi connectivity index (χ2v) is 11.1. The van der Waals surface area contributed by atoms with Crippen LogP contribution in [0.15, 0.2) is 73.2 Å². The lowest BCUT2D eigenvalue weighted by Gasteiger charge is -2.32. The van der Waals surface area contributed by atoms with Gasteiger partial charge in [-0.3, -0.25) is 19.9 Å². The number of ether oxygens (including phenoxy) is 1. The number of halogens is 1. The average molecular weight is 608 g/mol. The van der Waals surface area contributed by atoms with Crippen LogP contribution in [-0.2, 0) is 11.3 Å². The van der Waals surface area contributed by atoms with Crippen molar-refractivity contribution in [1.29, 1.82) is 0 Å². The summed E-state index contributed by atoms with van der Waals surface area (Å²) < 4.78 is 23.4. The molecule has 0 atom stereocenters. The van der Waals surface area contributed by atoms with Gasteiger partial charge < -0.3 is 10.5 Å². The van der Waals surface area contributed by atoms with E-state index in [1.807, 2.05) is 59.3 Å². The number of likely N-dealkylation sites (tertiary alicyclic amines) is 1. The largest absolute Gasteiger partial charge is 0.457 e. The van der Waals surface area contributed by atoms with Crippen molar-refractivity contribution >= 4 is 34.6 Å². The fourth-order valence-electron chi connectivity index (χ4n) is 5.87. The molecular formula is C32H30FN9O3. The highest BCUT2D eigenvalue weighted by Crippen LogP contribution is 2.35. The van der Waals surface area contributed by atoms with E-state index in [4.69, 9.17) is 15.6 Å². The molecule has 2 fully saturated rings. The van der Waals surface area contributed by atoms with E-state index in [-0.39, 0.29) is 30.7 Å². The summed E-state index contributed by atoms with van der Waals surface area (Å²) in [6.07, 6.45) is 4.57. The summed E-state index contributed by atoms with van der Waals surface area (Å²) in [5, 5.41) is 7.91. The van der Waals surface area contributed by atoms with Gasteiger partial charge in [-0.2, -0.15) is 5.10 Å². The summed E-state index contributed by atoms with van der Waals surface area (Å²) in [6, 6.07) is 18.3. The van der Waals surface area contributed by atoms with E-state index in [0.717, 1.165) is 24.2 Å². The van der Waals surface area contributed by atoms with Gasteiger partial charge in [0.2, 0.25) is 5.91 Å². The van der Waals surface area contributed by atoms with Gasteiger partial charge in [0.25, 0.3) is 0 Å². The first-order valence-electron chi connectivity index (χ1n) is 14.7. The Kier molecular flexibility index (Phi) is 7.51. The SMILES string of the molecule is Nc1ncnc2c1c(-c1ccc(Oc3ccccc3)cc1)nn2C1CCN(Cc2ccnc(N3CCC(=O)NC3=O)c2F)CC1. The Balaban J connectivity index is 1.07. The van der Waals surface area contributed by atoms with Crippen LogP contribution in [0.2, 0.25) is 0 Å². The minimum atomic E-state index is -0.665. The molecule has 5 heterocycles. The number of nitrogens with two attached hydrogens (primary N) is 1. The summed E-state index contributed by atoms with van der Waals surface area (Å²) in [5.74, 6) is 0.812. The molecule has 2 aliphatic heterocycles. The van der Waals surface area contributed by atoms with Crippen LogP contribution in [0.3, 0.4) is 0 Å². The van der Waals surface area contributed by atoms with Crippen molar-refractivity contribution < 1.29 is 18.7 Å². The van der Waals surface area contributed by atoms with Gasteiger partial charge >= 0.3 is 6.03 Å². The topological polar surface area (TPSA) is 144 Å². The smallest absolute Gasteiger partial charge is 0.329 e. The second-order valence-electron chi connectivity index (χ2n) is 11.1. The van der Waals surface area contributed by atoms with Crippen LogP contribution in [0.25, 0.3) is 22.3 Å². The number of aromatic nitrogens is 5. The van der Waals surface area contributed by atoms with E-state index >= 15 is 4.39 Å². The van der Waals surface area contributed by atoms with Crippen molar-refractivity contribution in [3.8, 4) is 22.8 Å². The molecular weight excluding hydrogens is 577 g/mol. The molecule has 2 saturated heterocycles. The lowest BCUT2D eigenvalue weighted by atomic mass is 10.0. The molecule has 0 radical (unpaired) electrons. The third-order valence-electron chi connectivity index (χ3n) is 8.18. The molecule has 3 N–H and O–H groups in total. The zero-order valence-electron chi connectivity index (χ0n) is 24.3. The molecule has 3 aromatic heterocycles. The lowest BCUT2D eigenvalue weighted by molar-refractivity contribution is -0.120. The van der Waals surface area contributed by atoms with Gasteiger partial charge in [-0.15, -0.1) is 0 Å². The highest BCUT2D eigenvalue weighted by atomic mass is 19.1. The quantitative estimate of drug-likeness (QED) is 0.269. The first-order chi connectivity index (χ1) is 21.9. The summed E-state index contributed by atoms with van der Waals surface area (Å²) in [4.78, 5) is 40.0. The van der Waals surface area contributed by atoms with Crippen LogP contribution >= 0.6 is 0 Å². The number of nitrogens with one attached hydrogen (secondary N) is 1. The number of hydrogen-bond acceptors (Lipinski definition) is 9. The maximum absolute atomic E-state index is 15.5. The van der Waals surface area contributed by atoms with Gasteiger partial charge in [-0.05, 0) is 55.3 Å². The number of para-hydroxylation sites is 1. The highest BCUT2D eigenvalue weighted by molar-refractivity contribution is 6.05. The van der Waals surface area contributed by atoms with E-state index in [2.05, 4.69) is 25.2 Å². The molecule has 13 heteroatoms. The molecule has 12 nitrogen and oxygen atoms in total. The van der Waals surface area contributed by atoms with Crippen molar-refractivity contribution in [2.75, 3.05) is 30.3 Å². The molecule has 7 rings (SSSR count). The Labute approximate surface area is 257 Å². The van der Waals surface area contributed by atoms with E-state index in [0.29, 0.717) is 53.5 Å². The fraction of sp³-hybridized carbons (Fsp3) is 0.250. The molecule has 0 spiro atoms. The highest BCUT2D eigenvalue weighted by Gasteiger charge is 2.30. The van der Waals surface area contributed by atoms with E-state index < -0.39 is 11.8 Å². The van der Waals surface area contributed by atoms with Crippen LogP contribution in [-0.4, -0.2) is 61.2 Å². The summed E-state index contributed by atoms with van der Waals surface area (Å²) in [7, 11) is 0. The Morgan fingerprint density at radius 2 is 1.69 bits per heavy atom. The number of urea groups is 1. The molecule has 45 heavy (non-hydrogen) atoms. The maximum atomic E-state index is 15.5. The Hall–Kier alpha value is -5.43. The normalized spacial score (nSPS) is 16.2. The monoisotopic (exact) mass is 607 g/mol. The molecule has 2 aliphatic rings. The lowest BCUT2D eigenvalue weighted by Crippen LogP contribution is -2.50. The van der Waals surface area contributed by atoms with Gasteiger partial charge in [0, 0.05) is 49.9 Å². The molecule has 2 aromatic carbocycles. The second kappa shape index (κ2) is 11.9. The minimum absolute atomic E-state index is 0.0555. The third kappa shape index (κ3) is 5.65. The number of piperidine rings is 1. The van der Waals surface area contributed by atoms with Crippen molar-refractivity contribution in [2.45, 2.75) is 31.8 Å². The molecule has 228 valence electrons. The molecule has 0 saturated carbocycles. The van der Waals surface area contributed by atoms with Crippen LogP contribution in [0.5, 0.6) is 11.5 Å². The number of nitrogens with zero attached hydrogens (tertiary/aromatic N) is 7. The standard InChI is InChI=1S/C32H30FN9O3/c33-27-21(10-14-35-31(27)41-17-13-25(43)38-32(41)44)18-40-15-11-22(12-16-40)42-30-26(29(34)36-19-37-30)28(39-42)20-6-8-24(9-7-20)45-23-4-2-1-3-5-23/h1-10,14,19,22H,11-13,15-18H2,(H2,34,36,37)(H,38,43,44). The fourth-order valence-corrected chi connectivity index (χ4v) is 5.87. The van der Waals surface area contributed by atoms with E-state index in [1.165, 1.54) is 17.4 Å². The number of pyridine rings is 1. The third-order valence-corrected chi connectivity index (χ3v) is 8.18. The van der Waals surface area contributed by atoms with Crippen LogP contribution in [0, 0.1) is 5.82 Å². The Morgan fingerprint density at radius 1 is 0.933 bits per heavy atom. The van der Waals surface area contributed by atoms with Crippen LogP contribution in [0.4, 0.5) is 20.8 Å². The number of anilines is 2. The minimum Gasteiger partial charge on any atom is -0.457 e. The van der Waals surface area contributed by atoms with Crippen molar-refractivity contribution in [3.63, 3.8) is 0 Å². The number of rotatable bonds is 7. The number of fused-ring (bicyclic) bond motifs is 1. The molecule has 5 aromatic rings. The summed E-state index contributed by atoms with van der Waals surface area (Å²) >= 11 is 0. The molecule has 0 unspecified atom stereocenters. The first kappa shape index (κ1) is 28.3. The first-order valence-corrected chi connectivity index (χ1v) is 14.7. The molecule has 0 aliphatic carbocycles. The van der Waals surface area contributed by atoms with E-state index in [9.17, 15) is 9.59 Å². The van der Waals surface area contributed by atoms with Gasteiger partial charge in [0.1, 0.15) is 29.3 Å². The number of carbonyl (C=O) groups excluding carboxylic acids is 2. The number of nitrogen functional groups attached to an aromatic ring is 1. The zero-order chi connectivity index (χ0) is 30.9. The number of imide groups is 1. The van der Waals surface area contributed by atoms with Gasteiger partial charge in [-0.25, -0.2) is 28.8 Å². The van der Waals surface area contributed by atoms with Crippen LogP contribution in [0.1, 0.15) is 30.9 Å². The number of hydrogen-bond donors (Lipinski definition) is 2. The van der Waals surface area contributed by atoms with Crippen molar-refractivity contribution in [3.05, 3.63) is 84.6 Å².